The summed E-state index contributed by atoms with van der Waals surface area (Å²) in [6.45, 7) is 1.10. The highest BCUT2D eigenvalue weighted by Gasteiger charge is 2.61. The van der Waals surface area contributed by atoms with Crippen molar-refractivity contribution in [1.29, 1.82) is 0 Å². The van der Waals surface area contributed by atoms with Gasteiger partial charge in [-0.1, -0.05) is 0 Å². The molecule has 3 N–H and O–H groups in total. The van der Waals surface area contributed by atoms with Gasteiger partial charge in [0, 0.05) is 4.88 Å². The zero-order valence-corrected chi connectivity index (χ0v) is 18.1. The number of hydrogen-bond acceptors (Lipinski definition) is 5. The van der Waals surface area contributed by atoms with E-state index in [1.807, 2.05) is 0 Å². The molecule has 1 aromatic rings. The van der Waals surface area contributed by atoms with E-state index in [2.05, 4.69) is 10.6 Å². The Morgan fingerprint density at radius 1 is 1.13 bits per heavy atom. The molecule has 5 saturated carbocycles. The van der Waals surface area contributed by atoms with Crippen molar-refractivity contribution in [2.45, 2.75) is 76.5 Å². The van der Waals surface area contributed by atoms with Crippen LogP contribution in [0.3, 0.4) is 0 Å². The molecule has 6 nitrogen and oxygen atoms in total. The number of ether oxygens (including phenoxy) is 1. The van der Waals surface area contributed by atoms with E-state index in [4.69, 9.17) is 4.74 Å². The molecule has 0 aromatic carbocycles. The number of anilines is 1. The summed E-state index contributed by atoms with van der Waals surface area (Å²) in [4.78, 5) is 27.9. The van der Waals surface area contributed by atoms with E-state index in [1.54, 1.807) is 0 Å². The van der Waals surface area contributed by atoms with Crippen molar-refractivity contribution < 1.29 is 19.4 Å². The number of rotatable bonds is 4. The first-order valence-corrected chi connectivity index (χ1v) is 12.4. The summed E-state index contributed by atoms with van der Waals surface area (Å²) < 4.78 is 5.61. The average Bonchev–Trinajstić information content (AvgIpc) is 3.42. The van der Waals surface area contributed by atoms with Crippen molar-refractivity contribution in [2.75, 3.05) is 11.9 Å². The van der Waals surface area contributed by atoms with E-state index < -0.39 is 6.10 Å². The van der Waals surface area contributed by atoms with E-state index in [0.29, 0.717) is 48.0 Å². The van der Waals surface area contributed by atoms with Gasteiger partial charge in [-0.2, -0.15) is 0 Å². The van der Waals surface area contributed by atoms with Crippen LogP contribution in [0.25, 0.3) is 0 Å². The molecule has 1 aliphatic heterocycles. The van der Waals surface area contributed by atoms with Crippen LogP contribution in [0.15, 0.2) is 0 Å². The van der Waals surface area contributed by atoms with Gasteiger partial charge in [-0.25, -0.2) is 0 Å². The molecule has 162 valence electrons. The van der Waals surface area contributed by atoms with E-state index in [0.717, 1.165) is 42.5 Å². The van der Waals surface area contributed by atoms with E-state index in [-0.39, 0.29) is 23.3 Å². The van der Waals surface area contributed by atoms with Crippen LogP contribution >= 0.6 is 11.3 Å². The third-order valence-electron chi connectivity index (χ3n) is 8.51. The van der Waals surface area contributed by atoms with Gasteiger partial charge in [-0.05, 0) is 81.1 Å². The Morgan fingerprint density at radius 3 is 2.67 bits per heavy atom. The van der Waals surface area contributed by atoms with Gasteiger partial charge in [-0.15, -0.1) is 11.3 Å². The van der Waals surface area contributed by atoms with Crippen molar-refractivity contribution in [1.82, 2.24) is 5.32 Å². The minimum atomic E-state index is -0.479. The Kier molecular flexibility index (Phi) is 4.52. The molecule has 1 aromatic heterocycles. The second kappa shape index (κ2) is 7.04. The first-order chi connectivity index (χ1) is 14.5. The molecule has 0 saturated heterocycles. The Balaban J connectivity index is 1.29. The molecule has 0 radical (unpaired) electrons. The molecule has 5 fully saturated rings. The number of fused-ring (bicyclic) bond motifs is 1. The lowest BCUT2D eigenvalue weighted by Crippen LogP contribution is -2.41. The van der Waals surface area contributed by atoms with Gasteiger partial charge in [0.2, 0.25) is 5.91 Å². The average molecular weight is 431 g/mol. The molecule has 30 heavy (non-hydrogen) atoms. The number of thiophene rings is 1. The van der Waals surface area contributed by atoms with Crippen molar-refractivity contribution in [2.24, 2.45) is 23.2 Å². The normalized spacial score (nSPS) is 38.6. The zero-order valence-electron chi connectivity index (χ0n) is 17.2. The molecular weight excluding hydrogens is 400 g/mol. The highest BCUT2D eigenvalue weighted by molar-refractivity contribution is 7.17. The van der Waals surface area contributed by atoms with Gasteiger partial charge in [0.25, 0.3) is 5.91 Å². The third-order valence-corrected chi connectivity index (χ3v) is 9.63. The molecular formula is C23H30N2O4S. The molecule has 6 aliphatic rings. The molecule has 4 unspecified atom stereocenters. The van der Waals surface area contributed by atoms with Crippen molar-refractivity contribution >= 4 is 28.2 Å². The molecule has 5 aliphatic carbocycles. The van der Waals surface area contributed by atoms with Gasteiger partial charge in [0.15, 0.2) is 0 Å². The Bertz CT molecular complexity index is 882. The summed E-state index contributed by atoms with van der Waals surface area (Å²) in [7, 11) is 0. The summed E-state index contributed by atoms with van der Waals surface area (Å²) >= 11 is 1.50. The topological polar surface area (TPSA) is 87.7 Å². The maximum atomic E-state index is 13.6. The van der Waals surface area contributed by atoms with Crippen LogP contribution in [0.2, 0.25) is 0 Å². The van der Waals surface area contributed by atoms with Crippen molar-refractivity contribution in [3.05, 3.63) is 16.0 Å². The summed E-state index contributed by atoms with van der Waals surface area (Å²) in [5, 5.41) is 17.1. The number of amides is 2. The fourth-order valence-electron chi connectivity index (χ4n) is 7.30. The summed E-state index contributed by atoms with van der Waals surface area (Å²) in [5.41, 5.74) is 1.41. The number of carbonyl (C=O) groups is 2. The first-order valence-electron chi connectivity index (χ1n) is 11.6. The van der Waals surface area contributed by atoms with Crippen LogP contribution in [-0.4, -0.2) is 35.7 Å². The number of hydrogen-bond donors (Lipinski definition) is 3. The number of aliphatic hydroxyl groups is 1. The Hall–Kier alpha value is -1.44. The maximum Gasteiger partial charge on any atom is 0.254 e. The lowest BCUT2D eigenvalue weighted by atomic mass is 9.75. The third kappa shape index (κ3) is 2.88. The van der Waals surface area contributed by atoms with Crippen LogP contribution in [-0.2, 0) is 22.6 Å². The lowest BCUT2D eigenvalue weighted by Gasteiger charge is -2.31. The quantitative estimate of drug-likeness (QED) is 0.684. The minimum Gasteiger partial charge on any atom is -0.391 e. The number of nitrogens with one attached hydrogen (secondary N) is 2. The fourth-order valence-corrected chi connectivity index (χ4v) is 8.48. The molecule has 4 atom stereocenters. The summed E-state index contributed by atoms with van der Waals surface area (Å²) in [5.74, 6) is 1.91. The molecule has 7 rings (SSSR count). The first kappa shape index (κ1) is 19.3. The zero-order chi connectivity index (χ0) is 20.5. The number of aliphatic hydroxyl groups excluding tert-OH is 1. The van der Waals surface area contributed by atoms with Crippen molar-refractivity contribution in [3.8, 4) is 0 Å². The molecule has 2 heterocycles. The SMILES string of the molecule is O=C(NC1CCCC1O)c1c(NC(=O)C23CC4CC(CC2C4)C3)sc2c1CCOC2. The van der Waals surface area contributed by atoms with Gasteiger partial charge < -0.3 is 20.5 Å². The van der Waals surface area contributed by atoms with Gasteiger partial charge in [-0.3, -0.25) is 9.59 Å². The number of carbonyl (C=O) groups excluding carboxylic acids is 2. The predicted molar refractivity (Wildman–Crippen MR) is 113 cm³/mol. The van der Waals surface area contributed by atoms with E-state index >= 15 is 0 Å². The monoisotopic (exact) mass is 430 g/mol. The van der Waals surface area contributed by atoms with Crippen molar-refractivity contribution in [3.63, 3.8) is 0 Å². The van der Waals surface area contributed by atoms with Crippen LogP contribution in [0, 0.1) is 23.2 Å². The van der Waals surface area contributed by atoms with E-state index in [1.165, 1.54) is 30.6 Å². The highest BCUT2D eigenvalue weighted by atomic mass is 32.1. The standard InChI is InChI=1S/C23H30N2O4S/c26-17-3-1-2-16(17)24-20(27)19-15-4-5-29-11-18(15)30-21(19)25-22(28)23-9-12-6-13(10-23)8-14(23)7-12/h12-14,16-17,26H,1-11H2,(H,24,27)(H,25,28). The van der Waals surface area contributed by atoms with Gasteiger partial charge in [0.05, 0.1) is 36.3 Å². The Labute approximate surface area is 180 Å². The fraction of sp³-hybridized carbons (Fsp3) is 0.739. The second-order valence-electron chi connectivity index (χ2n) is 10.2. The molecule has 0 spiro atoms. The van der Waals surface area contributed by atoms with E-state index in [9.17, 15) is 14.7 Å². The molecule has 2 amide bonds. The molecule has 7 heteroatoms. The lowest BCUT2D eigenvalue weighted by molar-refractivity contribution is -0.127. The van der Waals surface area contributed by atoms with Crippen LogP contribution in [0.5, 0.6) is 0 Å². The second-order valence-corrected chi connectivity index (χ2v) is 11.3. The Morgan fingerprint density at radius 2 is 1.93 bits per heavy atom. The molecule has 4 bridgehead atoms. The summed E-state index contributed by atoms with van der Waals surface area (Å²) in [6.07, 6.45) is 8.41. The minimum absolute atomic E-state index is 0.131. The van der Waals surface area contributed by atoms with Crippen LogP contribution in [0.4, 0.5) is 5.00 Å². The van der Waals surface area contributed by atoms with Crippen LogP contribution < -0.4 is 10.6 Å². The smallest absolute Gasteiger partial charge is 0.254 e. The maximum absolute atomic E-state index is 13.6. The van der Waals surface area contributed by atoms with Gasteiger partial charge >= 0.3 is 0 Å². The largest absolute Gasteiger partial charge is 0.391 e. The van der Waals surface area contributed by atoms with Gasteiger partial charge in [0.1, 0.15) is 5.00 Å². The highest BCUT2D eigenvalue weighted by Crippen LogP contribution is 2.65. The summed E-state index contributed by atoms with van der Waals surface area (Å²) in [6, 6.07) is -0.198. The predicted octanol–water partition coefficient (Wildman–Crippen LogP) is 3.23. The van der Waals surface area contributed by atoms with Crippen LogP contribution in [0.1, 0.15) is 72.2 Å².